The normalized spacial score (nSPS) is 11.6. The van der Waals surface area contributed by atoms with E-state index < -0.39 is 0 Å². The van der Waals surface area contributed by atoms with Gasteiger partial charge in [0, 0.05) is 39.4 Å². The average molecular weight is 563 g/mol. The van der Waals surface area contributed by atoms with E-state index >= 15 is 0 Å². The highest BCUT2D eigenvalue weighted by Crippen LogP contribution is 2.41. The van der Waals surface area contributed by atoms with Crippen LogP contribution in [-0.4, -0.2) is 4.98 Å². The number of nitrogens with zero attached hydrogens (tertiary/aromatic N) is 2. The zero-order valence-corrected chi connectivity index (χ0v) is 23.8. The lowest BCUT2D eigenvalue weighted by atomic mass is 9.98. The molecule has 0 saturated heterocycles. The number of furan rings is 1. The van der Waals surface area contributed by atoms with E-state index in [4.69, 9.17) is 4.42 Å². The Hall–Kier alpha value is -5.93. The van der Waals surface area contributed by atoms with Crippen LogP contribution in [-0.2, 0) is 0 Å². The topological polar surface area (TPSA) is 29.3 Å². The molecule has 0 saturated carbocycles. The summed E-state index contributed by atoms with van der Waals surface area (Å²) in [5.74, 6) is 0. The number of fused-ring (bicyclic) bond motifs is 8. The third-order valence-corrected chi connectivity index (χ3v) is 8.66. The maximum Gasteiger partial charge on any atom is 0.227 e. The Bertz CT molecular complexity index is 2510. The van der Waals surface area contributed by atoms with Gasteiger partial charge in [0.15, 0.2) is 0 Å². The Morgan fingerprint density at radius 2 is 1.11 bits per heavy atom. The molecular weight excluding hydrogens is 536 g/mol. The maximum atomic E-state index is 6.36. The molecule has 206 valence electrons. The van der Waals surface area contributed by atoms with E-state index in [1.165, 1.54) is 21.9 Å². The number of hydrogen-bond donors (Lipinski definition) is 0. The lowest BCUT2D eigenvalue weighted by molar-refractivity contribution is 0.658. The molecule has 2 heterocycles. The predicted octanol–water partition coefficient (Wildman–Crippen LogP) is 11.6. The molecule has 44 heavy (non-hydrogen) atoms. The molecule has 0 N–H and O–H groups in total. The second kappa shape index (κ2) is 9.82. The SMILES string of the molecule is c1ccc(-c2cccc(N(c3ccc4ccccc4c3)c3ccc4c(ccc5ccc6c7cccnc7oc6c54)c3)c2)cc1. The van der Waals surface area contributed by atoms with Crippen LogP contribution < -0.4 is 4.90 Å². The summed E-state index contributed by atoms with van der Waals surface area (Å²) in [7, 11) is 0. The summed E-state index contributed by atoms with van der Waals surface area (Å²) in [4.78, 5) is 6.84. The van der Waals surface area contributed by atoms with E-state index in [9.17, 15) is 0 Å². The lowest BCUT2D eigenvalue weighted by Gasteiger charge is -2.27. The molecule has 9 rings (SSSR count). The van der Waals surface area contributed by atoms with Gasteiger partial charge in [-0.25, -0.2) is 4.98 Å². The first-order chi connectivity index (χ1) is 21.8. The van der Waals surface area contributed by atoms with Crippen LogP contribution in [0.1, 0.15) is 0 Å². The van der Waals surface area contributed by atoms with Gasteiger partial charge in [0.25, 0.3) is 0 Å². The minimum Gasteiger partial charge on any atom is -0.437 e. The van der Waals surface area contributed by atoms with Crippen LogP contribution in [0.4, 0.5) is 17.1 Å². The highest BCUT2D eigenvalue weighted by atomic mass is 16.3. The summed E-state index contributed by atoms with van der Waals surface area (Å²) < 4.78 is 6.36. The van der Waals surface area contributed by atoms with E-state index in [0.29, 0.717) is 5.71 Å². The van der Waals surface area contributed by atoms with Gasteiger partial charge in [-0.2, -0.15) is 0 Å². The first-order valence-corrected chi connectivity index (χ1v) is 14.9. The molecule has 0 spiro atoms. The van der Waals surface area contributed by atoms with Crippen LogP contribution in [0.15, 0.2) is 162 Å². The van der Waals surface area contributed by atoms with Gasteiger partial charge in [-0.15, -0.1) is 0 Å². The minimum atomic E-state index is 0.671. The van der Waals surface area contributed by atoms with Gasteiger partial charge in [-0.05, 0) is 92.7 Å². The summed E-state index contributed by atoms with van der Waals surface area (Å²) in [6.07, 6.45) is 1.78. The highest BCUT2D eigenvalue weighted by Gasteiger charge is 2.17. The molecule has 0 fully saturated rings. The number of benzene rings is 7. The molecule has 0 unspecified atom stereocenters. The van der Waals surface area contributed by atoms with Crippen LogP contribution in [0, 0.1) is 0 Å². The van der Waals surface area contributed by atoms with Crippen molar-refractivity contribution in [3.8, 4) is 11.1 Å². The molecule has 0 aliphatic rings. The molecular formula is C41H26N2O. The highest BCUT2D eigenvalue weighted by molar-refractivity contribution is 6.23. The van der Waals surface area contributed by atoms with Crippen molar-refractivity contribution in [1.29, 1.82) is 0 Å². The van der Waals surface area contributed by atoms with Gasteiger partial charge in [0.05, 0.1) is 0 Å². The Balaban J connectivity index is 1.27. The second-order valence-electron chi connectivity index (χ2n) is 11.3. The van der Waals surface area contributed by atoms with Crippen molar-refractivity contribution in [2.75, 3.05) is 4.90 Å². The molecule has 3 nitrogen and oxygen atoms in total. The average Bonchev–Trinajstić information content (AvgIpc) is 3.48. The van der Waals surface area contributed by atoms with Crippen molar-refractivity contribution >= 4 is 71.4 Å². The van der Waals surface area contributed by atoms with Crippen LogP contribution in [0.5, 0.6) is 0 Å². The summed E-state index contributed by atoms with van der Waals surface area (Å²) >= 11 is 0. The van der Waals surface area contributed by atoms with Crippen molar-refractivity contribution in [3.05, 3.63) is 158 Å². The smallest absolute Gasteiger partial charge is 0.227 e. The molecule has 0 amide bonds. The lowest BCUT2D eigenvalue weighted by Crippen LogP contribution is -2.10. The fourth-order valence-electron chi connectivity index (χ4n) is 6.56. The molecule has 0 atom stereocenters. The first-order valence-electron chi connectivity index (χ1n) is 14.9. The summed E-state index contributed by atoms with van der Waals surface area (Å²) in [6.45, 7) is 0. The standard InChI is InChI=1S/C41H26N2O/c1-2-8-27(9-3-1)31-12-6-13-33(24-31)43(34-19-17-28-10-4-5-11-30(28)25-34)35-20-22-36-32(26-35)16-15-29-18-21-37-38-14-7-23-42-41(38)44-40(37)39(29)36/h1-26H. The van der Waals surface area contributed by atoms with Crippen molar-refractivity contribution in [2.45, 2.75) is 0 Å². The molecule has 0 radical (unpaired) electrons. The number of hydrogen-bond acceptors (Lipinski definition) is 3. The summed E-state index contributed by atoms with van der Waals surface area (Å²) in [5.41, 5.74) is 7.24. The first kappa shape index (κ1) is 24.6. The third-order valence-electron chi connectivity index (χ3n) is 8.66. The fraction of sp³-hybridized carbons (Fsp3) is 0. The predicted molar refractivity (Wildman–Crippen MR) is 184 cm³/mol. The molecule has 0 aliphatic carbocycles. The van der Waals surface area contributed by atoms with Crippen LogP contribution >= 0.6 is 0 Å². The Labute approximate surface area is 254 Å². The number of pyridine rings is 1. The Morgan fingerprint density at radius 1 is 0.432 bits per heavy atom. The summed E-state index contributed by atoms with van der Waals surface area (Å²) in [6, 6.07) is 54.1. The molecule has 0 aliphatic heterocycles. The van der Waals surface area contributed by atoms with Gasteiger partial charge in [0.2, 0.25) is 5.71 Å². The number of anilines is 3. The van der Waals surface area contributed by atoms with Gasteiger partial charge >= 0.3 is 0 Å². The van der Waals surface area contributed by atoms with E-state index in [1.807, 2.05) is 6.07 Å². The van der Waals surface area contributed by atoms with Gasteiger partial charge in [-0.1, -0.05) is 97.1 Å². The number of rotatable bonds is 4. The van der Waals surface area contributed by atoms with Gasteiger partial charge in [0.1, 0.15) is 5.58 Å². The molecule has 0 bridgehead atoms. The van der Waals surface area contributed by atoms with E-state index in [1.54, 1.807) is 6.20 Å². The molecule has 2 aromatic heterocycles. The zero-order chi connectivity index (χ0) is 29.0. The van der Waals surface area contributed by atoms with E-state index in [-0.39, 0.29) is 0 Å². The van der Waals surface area contributed by atoms with Crippen LogP contribution in [0.2, 0.25) is 0 Å². The summed E-state index contributed by atoms with van der Waals surface area (Å²) in [5, 5.41) is 9.15. The third kappa shape index (κ3) is 3.94. The zero-order valence-electron chi connectivity index (χ0n) is 23.8. The van der Waals surface area contributed by atoms with Crippen LogP contribution in [0.3, 0.4) is 0 Å². The Morgan fingerprint density at radius 3 is 2.02 bits per heavy atom. The monoisotopic (exact) mass is 562 g/mol. The van der Waals surface area contributed by atoms with Crippen molar-refractivity contribution < 1.29 is 4.42 Å². The fourth-order valence-corrected chi connectivity index (χ4v) is 6.56. The molecule has 3 heteroatoms. The van der Waals surface area contributed by atoms with Crippen LogP contribution in [0.25, 0.3) is 65.5 Å². The Kier molecular flexibility index (Phi) is 5.50. The van der Waals surface area contributed by atoms with Gasteiger partial charge in [-0.3, -0.25) is 0 Å². The van der Waals surface area contributed by atoms with E-state index in [0.717, 1.165) is 55.0 Å². The van der Waals surface area contributed by atoms with E-state index in [2.05, 4.69) is 155 Å². The van der Waals surface area contributed by atoms with Crippen molar-refractivity contribution in [1.82, 2.24) is 4.98 Å². The van der Waals surface area contributed by atoms with Crippen molar-refractivity contribution in [3.63, 3.8) is 0 Å². The molecule has 7 aromatic carbocycles. The second-order valence-corrected chi connectivity index (χ2v) is 11.3. The minimum absolute atomic E-state index is 0.671. The van der Waals surface area contributed by atoms with Gasteiger partial charge < -0.3 is 9.32 Å². The largest absolute Gasteiger partial charge is 0.437 e. The quantitative estimate of drug-likeness (QED) is 0.200. The molecule has 9 aromatic rings. The van der Waals surface area contributed by atoms with Crippen molar-refractivity contribution in [2.24, 2.45) is 0 Å². The maximum absolute atomic E-state index is 6.36. The number of aromatic nitrogens is 1.